The maximum atomic E-state index is 11.9. The Morgan fingerprint density at radius 3 is 2.12 bits per heavy atom. The highest BCUT2D eigenvalue weighted by molar-refractivity contribution is 7.89. The van der Waals surface area contributed by atoms with E-state index in [1.54, 1.807) is 6.92 Å². The predicted molar refractivity (Wildman–Crippen MR) is 62.7 cm³/mol. The van der Waals surface area contributed by atoms with Gasteiger partial charge in [0, 0.05) is 13.1 Å². The highest BCUT2D eigenvalue weighted by Gasteiger charge is 2.25. The Hall–Kier alpha value is -0.620. The fraction of sp³-hybridized carbons (Fsp3) is 0.900. The molecule has 0 radical (unpaired) electrons. The Balaban J connectivity index is 4.67. The molecule has 0 aromatic rings. The van der Waals surface area contributed by atoms with Crippen molar-refractivity contribution >= 4 is 16.0 Å². The second-order valence-corrected chi connectivity index (χ2v) is 6.38. The lowest BCUT2D eigenvalue weighted by molar-refractivity contribution is -0.141. The maximum Gasteiger partial charge on any atom is 0.307 e. The van der Waals surface area contributed by atoms with Crippen molar-refractivity contribution in [1.82, 2.24) is 4.31 Å². The molecular weight excluding hydrogens is 230 g/mol. The van der Waals surface area contributed by atoms with Gasteiger partial charge in [0.05, 0.1) is 11.7 Å². The lowest BCUT2D eigenvalue weighted by atomic mass is 10.2. The van der Waals surface area contributed by atoms with E-state index in [2.05, 4.69) is 0 Å². The summed E-state index contributed by atoms with van der Waals surface area (Å²) in [5.74, 6) is -1.55. The van der Waals surface area contributed by atoms with Gasteiger partial charge < -0.3 is 5.11 Å². The topological polar surface area (TPSA) is 74.7 Å². The summed E-state index contributed by atoms with van der Waals surface area (Å²) in [6, 6.07) is 0. The minimum absolute atomic E-state index is 0.0409. The molecule has 0 aromatic carbocycles. The standard InChI is InChI=1S/C10H21NO4S/c1-5-11(6-9(4)10(12)13)16(14,15)7-8(2)3/h8-9H,5-7H2,1-4H3,(H,12,13). The zero-order chi connectivity index (χ0) is 12.9. The van der Waals surface area contributed by atoms with E-state index < -0.39 is 21.9 Å². The Kier molecular flexibility index (Phi) is 5.96. The summed E-state index contributed by atoms with van der Waals surface area (Å²) in [6.07, 6.45) is 0. The van der Waals surface area contributed by atoms with Crippen molar-refractivity contribution in [3.05, 3.63) is 0 Å². The van der Waals surface area contributed by atoms with Crippen molar-refractivity contribution in [2.45, 2.75) is 27.7 Å². The number of rotatable bonds is 7. The quantitative estimate of drug-likeness (QED) is 0.733. The number of hydrogen-bond acceptors (Lipinski definition) is 3. The summed E-state index contributed by atoms with van der Waals surface area (Å²) in [5.41, 5.74) is 0. The van der Waals surface area contributed by atoms with E-state index in [1.807, 2.05) is 13.8 Å². The Morgan fingerprint density at radius 1 is 1.31 bits per heavy atom. The molecule has 0 aliphatic heterocycles. The minimum atomic E-state index is -3.33. The van der Waals surface area contributed by atoms with Gasteiger partial charge >= 0.3 is 5.97 Å². The molecule has 6 heteroatoms. The Bertz CT molecular complexity index is 324. The zero-order valence-corrected chi connectivity index (χ0v) is 11.1. The highest BCUT2D eigenvalue weighted by atomic mass is 32.2. The van der Waals surface area contributed by atoms with Crippen LogP contribution in [0.5, 0.6) is 0 Å². The Labute approximate surface area is 97.5 Å². The van der Waals surface area contributed by atoms with E-state index in [0.29, 0.717) is 6.54 Å². The highest BCUT2D eigenvalue weighted by Crippen LogP contribution is 2.10. The molecule has 16 heavy (non-hydrogen) atoms. The van der Waals surface area contributed by atoms with E-state index in [4.69, 9.17) is 5.11 Å². The molecule has 0 rings (SSSR count). The van der Waals surface area contributed by atoms with E-state index in [-0.39, 0.29) is 18.2 Å². The predicted octanol–water partition coefficient (Wildman–Crippen LogP) is 1.01. The maximum absolute atomic E-state index is 11.9. The third-order valence-corrected chi connectivity index (χ3v) is 4.47. The van der Waals surface area contributed by atoms with E-state index in [1.165, 1.54) is 11.2 Å². The van der Waals surface area contributed by atoms with Crippen molar-refractivity contribution in [1.29, 1.82) is 0 Å². The van der Waals surface area contributed by atoms with Crippen LogP contribution in [0.3, 0.4) is 0 Å². The van der Waals surface area contributed by atoms with Crippen LogP contribution in [0.1, 0.15) is 27.7 Å². The van der Waals surface area contributed by atoms with Gasteiger partial charge in [0.15, 0.2) is 0 Å². The average molecular weight is 251 g/mol. The molecule has 0 spiro atoms. The molecule has 1 N–H and O–H groups in total. The van der Waals surface area contributed by atoms with Crippen molar-refractivity contribution in [2.75, 3.05) is 18.8 Å². The molecule has 1 unspecified atom stereocenters. The van der Waals surface area contributed by atoms with E-state index >= 15 is 0 Å². The molecule has 0 fully saturated rings. The van der Waals surface area contributed by atoms with Crippen LogP contribution in [0.2, 0.25) is 0 Å². The molecule has 1 atom stereocenters. The van der Waals surface area contributed by atoms with E-state index in [9.17, 15) is 13.2 Å². The summed E-state index contributed by atoms with van der Waals surface area (Å²) in [5, 5.41) is 8.75. The molecule has 0 bridgehead atoms. The fourth-order valence-electron chi connectivity index (χ4n) is 1.35. The number of sulfonamides is 1. The normalized spacial score (nSPS) is 14.4. The summed E-state index contributed by atoms with van der Waals surface area (Å²) >= 11 is 0. The van der Waals surface area contributed by atoms with E-state index in [0.717, 1.165) is 0 Å². The van der Waals surface area contributed by atoms with Crippen LogP contribution in [0.4, 0.5) is 0 Å². The van der Waals surface area contributed by atoms with Gasteiger partial charge in [0.2, 0.25) is 10.0 Å². The summed E-state index contributed by atoms with van der Waals surface area (Å²) < 4.78 is 25.0. The van der Waals surface area contributed by atoms with Crippen LogP contribution < -0.4 is 0 Å². The SMILES string of the molecule is CCN(CC(C)C(=O)O)S(=O)(=O)CC(C)C. The van der Waals surface area contributed by atoms with Gasteiger partial charge in [-0.15, -0.1) is 0 Å². The average Bonchev–Trinajstić information content (AvgIpc) is 2.10. The fourth-order valence-corrected chi connectivity index (χ4v) is 3.25. The molecule has 0 aliphatic carbocycles. The molecule has 5 nitrogen and oxygen atoms in total. The summed E-state index contributed by atoms with van der Waals surface area (Å²) in [7, 11) is -3.33. The minimum Gasteiger partial charge on any atom is -0.481 e. The molecule has 0 heterocycles. The van der Waals surface area contributed by atoms with Gasteiger partial charge in [-0.1, -0.05) is 27.7 Å². The van der Waals surface area contributed by atoms with Crippen molar-refractivity contribution in [3.8, 4) is 0 Å². The first-order chi connectivity index (χ1) is 7.20. The largest absolute Gasteiger partial charge is 0.481 e. The number of carboxylic acids is 1. The first-order valence-electron chi connectivity index (χ1n) is 5.41. The lowest BCUT2D eigenvalue weighted by Crippen LogP contribution is -2.39. The van der Waals surface area contributed by atoms with Crippen molar-refractivity contribution in [3.63, 3.8) is 0 Å². The zero-order valence-electron chi connectivity index (χ0n) is 10.3. The van der Waals surface area contributed by atoms with Crippen molar-refractivity contribution in [2.24, 2.45) is 11.8 Å². The third kappa shape index (κ3) is 4.94. The first kappa shape index (κ1) is 15.4. The second-order valence-electron chi connectivity index (χ2n) is 4.36. The lowest BCUT2D eigenvalue weighted by Gasteiger charge is -2.23. The van der Waals surface area contributed by atoms with Gasteiger partial charge in [0.25, 0.3) is 0 Å². The number of nitrogens with zero attached hydrogens (tertiary/aromatic N) is 1. The van der Waals surface area contributed by atoms with Crippen molar-refractivity contribution < 1.29 is 18.3 Å². The number of aliphatic carboxylic acids is 1. The van der Waals surface area contributed by atoms with Crippen LogP contribution in [-0.2, 0) is 14.8 Å². The number of carbonyl (C=O) groups is 1. The summed E-state index contributed by atoms with van der Waals surface area (Å²) in [6.45, 7) is 7.23. The van der Waals surface area contributed by atoms with Gasteiger partial charge in [0.1, 0.15) is 0 Å². The number of hydrogen-bond donors (Lipinski definition) is 1. The van der Waals surface area contributed by atoms with Crippen LogP contribution in [-0.4, -0.2) is 42.6 Å². The first-order valence-corrected chi connectivity index (χ1v) is 7.02. The second kappa shape index (κ2) is 6.20. The Morgan fingerprint density at radius 2 is 1.81 bits per heavy atom. The van der Waals surface area contributed by atoms with Crippen LogP contribution >= 0.6 is 0 Å². The molecule has 0 aromatic heterocycles. The molecular formula is C10H21NO4S. The third-order valence-electron chi connectivity index (χ3n) is 2.19. The van der Waals surface area contributed by atoms with Crippen LogP contribution in [0, 0.1) is 11.8 Å². The molecule has 0 aliphatic rings. The summed E-state index contributed by atoms with van der Waals surface area (Å²) in [4.78, 5) is 10.7. The van der Waals surface area contributed by atoms with Gasteiger partial charge in [-0.05, 0) is 5.92 Å². The van der Waals surface area contributed by atoms with Gasteiger partial charge in [-0.3, -0.25) is 4.79 Å². The smallest absolute Gasteiger partial charge is 0.307 e. The van der Waals surface area contributed by atoms with Crippen LogP contribution in [0.25, 0.3) is 0 Å². The molecule has 0 saturated carbocycles. The number of carboxylic acid groups (broad SMARTS) is 1. The molecule has 0 amide bonds. The molecule has 0 saturated heterocycles. The van der Waals surface area contributed by atoms with Crippen LogP contribution in [0.15, 0.2) is 0 Å². The molecule has 96 valence electrons. The van der Waals surface area contributed by atoms with Gasteiger partial charge in [-0.25, -0.2) is 12.7 Å². The monoisotopic (exact) mass is 251 g/mol. The van der Waals surface area contributed by atoms with Gasteiger partial charge in [-0.2, -0.15) is 0 Å².